The summed E-state index contributed by atoms with van der Waals surface area (Å²) in [5.41, 5.74) is -0.624. The summed E-state index contributed by atoms with van der Waals surface area (Å²) >= 11 is 0.568. The van der Waals surface area contributed by atoms with Crippen molar-refractivity contribution in [3.8, 4) is 0 Å². The molecule has 0 radical (unpaired) electrons. The Balaban J connectivity index is 2.65. The first-order chi connectivity index (χ1) is 7.58. The van der Waals surface area contributed by atoms with E-state index in [9.17, 15) is 18.0 Å². The minimum absolute atomic E-state index is 0.127. The molecule has 1 aromatic rings. The number of hydrogen-bond acceptors (Lipinski definition) is 3. The molecular formula is C11H13F3O2S. The van der Waals surface area contributed by atoms with Gasteiger partial charge in [0.1, 0.15) is 10.5 Å². The van der Waals surface area contributed by atoms with Gasteiger partial charge in [0, 0.05) is 4.88 Å². The van der Waals surface area contributed by atoms with Gasteiger partial charge in [0.15, 0.2) is 0 Å². The molecule has 0 aromatic carbocycles. The zero-order chi connectivity index (χ0) is 13.3. The number of ether oxygens (including phenoxy) is 1. The molecule has 17 heavy (non-hydrogen) atoms. The van der Waals surface area contributed by atoms with Crippen LogP contribution in [0.3, 0.4) is 0 Å². The molecule has 0 aliphatic heterocycles. The topological polar surface area (TPSA) is 26.3 Å². The molecule has 6 heteroatoms. The van der Waals surface area contributed by atoms with Crippen LogP contribution in [-0.2, 0) is 22.1 Å². The maximum atomic E-state index is 12.3. The Morgan fingerprint density at radius 3 is 2.29 bits per heavy atom. The van der Waals surface area contributed by atoms with Crippen molar-refractivity contribution in [1.29, 1.82) is 0 Å². The van der Waals surface area contributed by atoms with Crippen molar-refractivity contribution in [3.63, 3.8) is 0 Å². The summed E-state index contributed by atoms with van der Waals surface area (Å²) in [5, 5.41) is 0. The van der Waals surface area contributed by atoms with Crippen LogP contribution in [0.1, 0.15) is 30.5 Å². The maximum Gasteiger partial charge on any atom is 0.425 e. The van der Waals surface area contributed by atoms with E-state index in [1.165, 1.54) is 6.07 Å². The molecule has 0 aliphatic carbocycles. The number of halogens is 3. The van der Waals surface area contributed by atoms with Crippen molar-refractivity contribution >= 4 is 17.3 Å². The molecule has 2 nitrogen and oxygen atoms in total. The molecular weight excluding hydrogens is 253 g/mol. The summed E-state index contributed by atoms with van der Waals surface area (Å²) in [6.45, 7) is 5.13. The third-order valence-corrected chi connectivity index (χ3v) is 2.81. The summed E-state index contributed by atoms with van der Waals surface area (Å²) in [5.74, 6) is -0.520. The average Bonchev–Trinajstić information content (AvgIpc) is 2.47. The first kappa shape index (κ1) is 14.0. The van der Waals surface area contributed by atoms with E-state index in [0.717, 1.165) is 6.07 Å². The lowest BCUT2D eigenvalue weighted by atomic mass is 10.2. The van der Waals surface area contributed by atoms with Crippen LogP contribution in [0, 0.1) is 0 Å². The van der Waals surface area contributed by atoms with Gasteiger partial charge in [-0.2, -0.15) is 13.2 Å². The molecule has 0 amide bonds. The van der Waals surface area contributed by atoms with Crippen molar-refractivity contribution in [3.05, 3.63) is 21.9 Å². The number of carbonyl (C=O) groups is 1. The lowest BCUT2D eigenvalue weighted by Gasteiger charge is -2.19. The molecule has 0 bridgehead atoms. The van der Waals surface area contributed by atoms with Crippen molar-refractivity contribution in [2.75, 3.05) is 0 Å². The van der Waals surface area contributed by atoms with Crippen molar-refractivity contribution in [2.24, 2.45) is 0 Å². The van der Waals surface area contributed by atoms with E-state index in [0.29, 0.717) is 16.2 Å². The fourth-order valence-electron chi connectivity index (χ4n) is 1.15. The Morgan fingerprint density at radius 2 is 1.88 bits per heavy atom. The molecule has 1 rings (SSSR count). The largest absolute Gasteiger partial charge is 0.460 e. The predicted octanol–water partition coefficient (Wildman–Crippen LogP) is 3.65. The van der Waals surface area contributed by atoms with Gasteiger partial charge in [-0.3, -0.25) is 4.79 Å². The van der Waals surface area contributed by atoms with Crippen LogP contribution in [-0.4, -0.2) is 11.6 Å². The second-order valence-corrected chi connectivity index (χ2v) is 5.70. The molecule has 0 saturated carbocycles. The van der Waals surface area contributed by atoms with Crippen LogP contribution in [0.15, 0.2) is 12.1 Å². The number of alkyl halides is 3. The van der Waals surface area contributed by atoms with Crippen LogP contribution >= 0.6 is 11.3 Å². The second kappa shape index (κ2) is 4.68. The third-order valence-electron chi connectivity index (χ3n) is 1.68. The minimum atomic E-state index is -4.35. The van der Waals surface area contributed by atoms with E-state index >= 15 is 0 Å². The highest BCUT2D eigenvalue weighted by molar-refractivity contribution is 7.12. The molecule has 0 atom stereocenters. The highest BCUT2D eigenvalue weighted by atomic mass is 32.1. The zero-order valence-electron chi connectivity index (χ0n) is 9.72. The third kappa shape index (κ3) is 4.77. The Kier molecular flexibility index (Phi) is 3.86. The summed E-state index contributed by atoms with van der Waals surface area (Å²) in [6, 6.07) is 2.28. The smallest absolute Gasteiger partial charge is 0.425 e. The van der Waals surface area contributed by atoms with Crippen LogP contribution in [0.25, 0.3) is 0 Å². The highest BCUT2D eigenvalue weighted by Gasteiger charge is 2.32. The first-order valence-electron chi connectivity index (χ1n) is 4.96. The lowest BCUT2D eigenvalue weighted by Crippen LogP contribution is -2.24. The van der Waals surface area contributed by atoms with E-state index in [1.807, 2.05) is 0 Å². The minimum Gasteiger partial charge on any atom is -0.460 e. The number of carbonyl (C=O) groups excluding carboxylic acids is 1. The Hall–Kier alpha value is -1.04. The normalized spacial score (nSPS) is 12.6. The van der Waals surface area contributed by atoms with Gasteiger partial charge < -0.3 is 4.74 Å². The van der Waals surface area contributed by atoms with E-state index in [4.69, 9.17) is 4.74 Å². The van der Waals surface area contributed by atoms with Gasteiger partial charge in [-0.05, 0) is 32.9 Å². The molecule has 0 aliphatic rings. The number of hydrogen-bond donors (Lipinski definition) is 0. The van der Waals surface area contributed by atoms with Gasteiger partial charge in [-0.15, -0.1) is 11.3 Å². The van der Waals surface area contributed by atoms with Crippen molar-refractivity contribution in [2.45, 2.75) is 39.0 Å². The molecule has 0 N–H and O–H groups in total. The zero-order valence-corrected chi connectivity index (χ0v) is 10.5. The van der Waals surface area contributed by atoms with Crippen molar-refractivity contribution in [1.82, 2.24) is 0 Å². The Bertz CT molecular complexity index is 402. The Morgan fingerprint density at radius 1 is 1.29 bits per heavy atom. The van der Waals surface area contributed by atoms with Crippen LogP contribution in [0.5, 0.6) is 0 Å². The lowest BCUT2D eigenvalue weighted by molar-refractivity contribution is -0.153. The van der Waals surface area contributed by atoms with Gasteiger partial charge in [-0.1, -0.05) is 0 Å². The number of esters is 1. The first-order valence-corrected chi connectivity index (χ1v) is 5.77. The van der Waals surface area contributed by atoms with E-state index in [-0.39, 0.29) is 6.42 Å². The molecule has 0 saturated heterocycles. The van der Waals surface area contributed by atoms with Crippen LogP contribution in [0.4, 0.5) is 13.2 Å². The standard InChI is InChI=1S/C11H13F3O2S/c1-10(2,3)16-9(15)6-7-4-5-8(17-7)11(12,13)14/h4-5H,6H2,1-3H3. The van der Waals surface area contributed by atoms with Gasteiger partial charge in [0.05, 0.1) is 6.42 Å². The molecule has 0 fully saturated rings. The van der Waals surface area contributed by atoms with Gasteiger partial charge >= 0.3 is 12.1 Å². The monoisotopic (exact) mass is 266 g/mol. The van der Waals surface area contributed by atoms with Crippen molar-refractivity contribution < 1.29 is 22.7 Å². The van der Waals surface area contributed by atoms with E-state index in [1.54, 1.807) is 20.8 Å². The van der Waals surface area contributed by atoms with Crippen LogP contribution in [0.2, 0.25) is 0 Å². The highest BCUT2D eigenvalue weighted by Crippen LogP contribution is 2.34. The quantitative estimate of drug-likeness (QED) is 0.764. The number of thiophene rings is 1. The average molecular weight is 266 g/mol. The molecule has 0 unspecified atom stereocenters. The maximum absolute atomic E-state index is 12.3. The van der Waals surface area contributed by atoms with Gasteiger partial charge in [0.2, 0.25) is 0 Å². The fourth-order valence-corrected chi connectivity index (χ4v) is 2.01. The van der Waals surface area contributed by atoms with E-state index in [2.05, 4.69) is 0 Å². The second-order valence-electron chi connectivity index (χ2n) is 4.53. The molecule has 1 aromatic heterocycles. The summed E-state index contributed by atoms with van der Waals surface area (Å²) in [4.78, 5) is 11.0. The summed E-state index contributed by atoms with van der Waals surface area (Å²) < 4.78 is 41.9. The predicted molar refractivity (Wildman–Crippen MR) is 58.9 cm³/mol. The van der Waals surface area contributed by atoms with Gasteiger partial charge in [-0.25, -0.2) is 0 Å². The SMILES string of the molecule is CC(C)(C)OC(=O)Cc1ccc(C(F)(F)F)s1. The summed E-state index contributed by atoms with van der Waals surface area (Å²) in [6.07, 6.45) is -4.48. The van der Waals surface area contributed by atoms with Crippen LogP contribution < -0.4 is 0 Å². The number of rotatable bonds is 2. The molecule has 1 heterocycles. The van der Waals surface area contributed by atoms with Gasteiger partial charge in [0.25, 0.3) is 0 Å². The van der Waals surface area contributed by atoms with E-state index < -0.39 is 22.6 Å². The molecule has 96 valence electrons. The molecule has 0 spiro atoms. The Labute approximate surface area is 101 Å². The summed E-state index contributed by atoms with van der Waals surface area (Å²) in [7, 11) is 0. The fraction of sp³-hybridized carbons (Fsp3) is 0.545.